The van der Waals surface area contributed by atoms with Crippen LogP contribution in [0.5, 0.6) is 0 Å². The van der Waals surface area contributed by atoms with Gasteiger partial charge in [-0.05, 0) is 12.1 Å². The minimum atomic E-state index is 0.0916. The van der Waals surface area contributed by atoms with Gasteiger partial charge in [0.1, 0.15) is 5.78 Å². The molecule has 0 bridgehead atoms. The summed E-state index contributed by atoms with van der Waals surface area (Å²) in [6.07, 6.45) is 0.687. The predicted octanol–water partition coefficient (Wildman–Crippen LogP) is 3.54. The van der Waals surface area contributed by atoms with Gasteiger partial charge in [-0.1, -0.05) is 35.8 Å². The lowest BCUT2D eigenvalue weighted by molar-refractivity contribution is -0.118. The second-order valence-electron chi connectivity index (χ2n) is 3.89. The summed E-state index contributed by atoms with van der Waals surface area (Å²) < 4.78 is 5.03. The van der Waals surface area contributed by atoms with E-state index in [9.17, 15) is 4.79 Å². The fraction of sp³-hybridized carbons (Fsp3) is 0.308. The summed E-state index contributed by atoms with van der Waals surface area (Å²) in [5.74, 6) is 1.60. The number of carbonyl (C=O) groups excluding carboxylic acids is 1. The first-order valence-corrected chi connectivity index (χ1v) is 7.26. The topological polar surface area (TPSA) is 56.0 Å². The Morgan fingerprint density at radius 2 is 2.21 bits per heavy atom. The van der Waals surface area contributed by atoms with Crippen LogP contribution in [0.2, 0.25) is 5.02 Å². The highest BCUT2D eigenvalue weighted by molar-refractivity contribution is 7.98. The number of thioether (sulfide) groups is 1. The van der Waals surface area contributed by atoms with Gasteiger partial charge in [-0.15, -0.1) is 11.8 Å². The van der Waals surface area contributed by atoms with E-state index in [0.29, 0.717) is 28.9 Å². The van der Waals surface area contributed by atoms with Crippen molar-refractivity contribution in [2.24, 2.45) is 0 Å². The summed E-state index contributed by atoms with van der Waals surface area (Å²) in [6, 6.07) is 7.59. The Balaban J connectivity index is 1.94. The molecule has 0 radical (unpaired) electrons. The van der Waals surface area contributed by atoms with Crippen molar-refractivity contribution in [1.29, 1.82) is 0 Å². The molecule has 0 unspecified atom stereocenters. The van der Waals surface area contributed by atoms with Crippen LogP contribution < -0.4 is 0 Å². The van der Waals surface area contributed by atoms with E-state index in [4.69, 9.17) is 16.1 Å². The number of benzene rings is 1. The highest BCUT2D eigenvalue weighted by Gasteiger charge is 2.10. The van der Waals surface area contributed by atoms with E-state index in [0.717, 1.165) is 4.90 Å². The van der Waals surface area contributed by atoms with Gasteiger partial charge >= 0.3 is 0 Å². The minimum Gasteiger partial charge on any atom is -0.339 e. The summed E-state index contributed by atoms with van der Waals surface area (Å²) in [5.41, 5.74) is 0. The van der Waals surface area contributed by atoms with E-state index in [1.807, 2.05) is 31.2 Å². The Morgan fingerprint density at radius 1 is 1.42 bits per heavy atom. The standard InChI is InChI=1S/C13H13ClN2O2S/c1-2-9(17)7-13-15-12(16-18-13)8-19-11-6-4-3-5-10(11)14/h3-6H,2,7-8H2,1H3. The molecule has 1 heterocycles. The Morgan fingerprint density at radius 3 is 2.95 bits per heavy atom. The van der Waals surface area contributed by atoms with E-state index in [1.165, 1.54) is 11.8 Å². The molecule has 6 heteroatoms. The number of halogens is 1. The average Bonchev–Trinajstić information content (AvgIpc) is 2.85. The first-order chi connectivity index (χ1) is 9.19. The summed E-state index contributed by atoms with van der Waals surface area (Å²) >= 11 is 7.59. The summed E-state index contributed by atoms with van der Waals surface area (Å²) in [5, 5.41) is 4.55. The lowest BCUT2D eigenvalue weighted by Gasteiger charge is -2.00. The highest BCUT2D eigenvalue weighted by atomic mass is 35.5. The molecule has 4 nitrogen and oxygen atoms in total. The van der Waals surface area contributed by atoms with E-state index < -0.39 is 0 Å². The first kappa shape index (κ1) is 14.1. The molecule has 0 spiro atoms. The van der Waals surface area contributed by atoms with Crippen LogP contribution in [0.15, 0.2) is 33.7 Å². The third kappa shape index (κ3) is 4.08. The van der Waals surface area contributed by atoms with Crippen LogP contribution in [0.25, 0.3) is 0 Å². The molecular formula is C13H13ClN2O2S. The minimum absolute atomic E-state index is 0.0916. The van der Waals surface area contributed by atoms with Crippen molar-refractivity contribution in [2.45, 2.75) is 30.4 Å². The van der Waals surface area contributed by atoms with Gasteiger partial charge in [0.25, 0.3) is 0 Å². The molecule has 0 saturated carbocycles. The molecule has 0 fully saturated rings. The molecule has 1 aromatic heterocycles. The molecular weight excluding hydrogens is 284 g/mol. The predicted molar refractivity (Wildman–Crippen MR) is 74.3 cm³/mol. The lowest BCUT2D eigenvalue weighted by Crippen LogP contribution is -2.00. The molecule has 2 aromatic rings. The molecule has 1 aromatic carbocycles. The van der Waals surface area contributed by atoms with Crippen molar-refractivity contribution >= 4 is 29.1 Å². The quantitative estimate of drug-likeness (QED) is 0.763. The average molecular weight is 297 g/mol. The van der Waals surface area contributed by atoms with Crippen molar-refractivity contribution in [3.8, 4) is 0 Å². The summed E-state index contributed by atoms with van der Waals surface area (Å²) in [6.45, 7) is 1.81. The molecule has 2 rings (SSSR count). The number of ketones is 1. The molecule has 0 atom stereocenters. The van der Waals surface area contributed by atoms with E-state index in [2.05, 4.69) is 10.1 Å². The van der Waals surface area contributed by atoms with Crippen LogP contribution in [0, 0.1) is 0 Å². The SMILES string of the molecule is CCC(=O)Cc1nc(CSc2ccccc2Cl)no1. The van der Waals surface area contributed by atoms with Crippen molar-refractivity contribution in [3.63, 3.8) is 0 Å². The fourth-order valence-corrected chi connectivity index (χ4v) is 2.50. The lowest BCUT2D eigenvalue weighted by atomic mass is 10.2. The maximum absolute atomic E-state index is 11.3. The second kappa shape index (κ2) is 6.73. The second-order valence-corrected chi connectivity index (χ2v) is 5.32. The largest absolute Gasteiger partial charge is 0.339 e. The van der Waals surface area contributed by atoms with Gasteiger partial charge in [0.2, 0.25) is 5.89 Å². The number of aromatic nitrogens is 2. The number of hydrogen-bond donors (Lipinski definition) is 0. The maximum Gasteiger partial charge on any atom is 0.234 e. The van der Waals surface area contributed by atoms with Crippen molar-refractivity contribution in [3.05, 3.63) is 41.0 Å². The van der Waals surface area contributed by atoms with Gasteiger partial charge in [-0.2, -0.15) is 4.98 Å². The van der Waals surface area contributed by atoms with Gasteiger partial charge < -0.3 is 4.52 Å². The monoisotopic (exact) mass is 296 g/mol. The number of carbonyl (C=O) groups is 1. The van der Waals surface area contributed by atoms with Gasteiger partial charge in [-0.25, -0.2) is 0 Å². The molecule has 0 aliphatic heterocycles. The number of rotatable bonds is 6. The number of nitrogens with zero attached hydrogens (tertiary/aromatic N) is 2. The smallest absolute Gasteiger partial charge is 0.234 e. The molecule has 0 N–H and O–H groups in total. The van der Waals surface area contributed by atoms with E-state index >= 15 is 0 Å². The van der Waals surface area contributed by atoms with Crippen LogP contribution in [0.1, 0.15) is 25.1 Å². The highest BCUT2D eigenvalue weighted by Crippen LogP contribution is 2.28. The van der Waals surface area contributed by atoms with E-state index in [-0.39, 0.29) is 12.2 Å². The summed E-state index contributed by atoms with van der Waals surface area (Å²) in [7, 11) is 0. The van der Waals surface area contributed by atoms with Crippen LogP contribution in [0.3, 0.4) is 0 Å². The fourth-order valence-electron chi connectivity index (χ4n) is 1.42. The van der Waals surface area contributed by atoms with Crippen LogP contribution in [-0.2, 0) is 17.0 Å². The molecule has 0 amide bonds. The Labute approximate surface area is 120 Å². The van der Waals surface area contributed by atoms with Crippen LogP contribution in [-0.4, -0.2) is 15.9 Å². The third-order valence-electron chi connectivity index (χ3n) is 2.45. The first-order valence-electron chi connectivity index (χ1n) is 5.89. The van der Waals surface area contributed by atoms with Crippen molar-refractivity contribution in [1.82, 2.24) is 10.1 Å². The van der Waals surface area contributed by atoms with Gasteiger partial charge in [0.05, 0.1) is 17.2 Å². The van der Waals surface area contributed by atoms with E-state index in [1.54, 1.807) is 0 Å². The van der Waals surface area contributed by atoms with Crippen LogP contribution in [0.4, 0.5) is 0 Å². The molecule has 0 saturated heterocycles. The number of Topliss-reactive ketones (excluding diaryl/α,β-unsaturated/α-hetero) is 1. The third-order valence-corrected chi connectivity index (χ3v) is 3.96. The van der Waals surface area contributed by atoms with Gasteiger partial charge in [-0.3, -0.25) is 4.79 Å². The Hall–Kier alpha value is -1.33. The normalized spacial score (nSPS) is 10.6. The number of hydrogen-bond acceptors (Lipinski definition) is 5. The zero-order valence-electron chi connectivity index (χ0n) is 10.4. The van der Waals surface area contributed by atoms with Gasteiger partial charge in [0.15, 0.2) is 5.82 Å². The van der Waals surface area contributed by atoms with Crippen molar-refractivity contribution in [2.75, 3.05) is 0 Å². The molecule has 19 heavy (non-hydrogen) atoms. The Bertz CT molecular complexity index is 571. The molecule has 100 valence electrons. The van der Waals surface area contributed by atoms with Crippen molar-refractivity contribution < 1.29 is 9.32 Å². The molecule has 0 aliphatic rings. The zero-order valence-corrected chi connectivity index (χ0v) is 12.0. The summed E-state index contributed by atoms with van der Waals surface area (Å²) in [4.78, 5) is 16.4. The van der Waals surface area contributed by atoms with Crippen LogP contribution >= 0.6 is 23.4 Å². The molecule has 0 aliphatic carbocycles. The van der Waals surface area contributed by atoms with Gasteiger partial charge in [0, 0.05) is 11.3 Å². The maximum atomic E-state index is 11.3. The Kier molecular flexibility index (Phi) is 4.99. The zero-order chi connectivity index (χ0) is 13.7.